The third-order valence-corrected chi connectivity index (χ3v) is 4.48. The van der Waals surface area contributed by atoms with Gasteiger partial charge in [-0.2, -0.15) is 0 Å². The lowest BCUT2D eigenvalue weighted by Crippen LogP contribution is -2.58. The second-order valence-corrected chi connectivity index (χ2v) is 7.95. The zero-order valence-corrected chi connectivity index (χ0v) is 18.7. The first-order valence-corrected chi connectivity index (χ1v) is 10.3. The molecule has 0 aromatic heterocycles. The van der Waals surface area contributed by atoms with Crippen molar-refractivity contribution in [3.05, 3.63) is 0 Å². The molecule has 33 heavy (non-hydrogen) atoms. The lowest BCUT2D eigenvalue weighted by molar-refractivity contribution is -0.142. The Morgan fingerprint density at radius 3 is 1.61 bits per heavy atom. The van der Waals surface area contributed by atoms with E-state index in [-0.39, 0.29) is 31.6 Å². The van der Waals surface area contributed by atoms with Crippen LogP contribution in [0.4, 0.5) is 0 Å². The molecule has 0 aromatic rings. The van der Waals surface area contributed by atoms with Gasteiger partial charge in [0.25, 0.3) is 0 Å². The van der Waals surface area contributed by atoms with E-state index in [9.17, 15) is 39.0 Å². The Bertz CT molecular complexity index is 729. The van der Waals surface area contributed by atoms with Crippen LogP contribution in [0.25, 0.3) is 0 Å². The molecule has 0 aliphatic rings. The number of carbonyl (C=O) groups excluding carboxylic acids is 5. The van der Waals surface area contributed by atoms with Crippen molar-refractivity contribution in [3.63, 3.8) is 0 Å². The minimum absolute atomic E-state index is 0.103. The summed E-state index contributed by atoms with van der Waals surface area (Å²) in [5.74, 6) is -5.51. The van der Waals surface area contributed by atoms with Crippen molar-refractivity contribution in [3.8, 4) is 0 Å². The molecule has 4 atom stereocenters. The van der Waals surface area contributed by atoms with Gasteiger partial charge in [0, 0.05) is 12.8 Å². The number of aliphatic hydroxyl groups is 1. The summed E-state index contributed by atoms with van der Waals surface area (Å²) < 4.78 is 0. The van der Waals surface area contributed by atoms with E-state index in [0.29, 0.717) is 6.42 Å². The van der Waals surface area contributed by atoms with Crippen LogP contribution in [0.1, 0.15) is 46.0 Å². The molecule has 0 heterocycles. The summed E-state index contributed by atoms with van der Waals surface area (Å²) in [7, 11) is 0. The Kier molecular flexibility index (Phi) is 13.3. The fourth-order valence-electron chi connectivity index (χ4n) is 2.73. The molecule has 0 aliphatic carbocycles. The van der Waals surface area contributed by atoms with Gasteiger partial charge in [0.2, 0.25) is 29.5 Å². The number of carbonyl (C=O) groups is 6. The van der Waals surface area contributed by atoms with Gasteiger partial charge in [-0.05, 0) is 25.2 Å². The van der Waals surface area contributed by atoms with Crippen molar-refractivity contribution in [1.82, 2.24) is 16.0 Å². The number of primary amides is 2. The van der Waals surface area contributed by atoms with Crippen LogP contribution in [0.5, 0.6) is 0 Å². The summed E-state index contributed by atoms with van der Waals surface area (Å²) in [6.45, 7) is 2.88. The number of nitrogens with two attached hydrogens (primary N) is 3. The Labute approximate surface area is 191 Å². The number of amides is 5. The highest BCUT2D eigenvalue weighted by molar-refractivity contribution is 5.94. The average Bonchev–Trinajstić information content (AvgIpc) is 2.70. The first kappa shape index (κ1) is 29.7. The van der Waals surface area contributed by atoms with Gasteiger partial charge in [-0.3, -0.25) is 24.0 Å². The summed E-state index contributed by atoms with van der Waals surface area (Å²) in [6.07, 6.45) is -0.890. The predicted molar refractivity (Wildman–Crippen MR) is 115 cm³/mol. The Hall–Kier alpha value is -3.26. The zero-order chi connectivity index (χ0) is 25.7. The minimum Gasteiger partial charge on any atom is -0.480 e. The fraction of sp³-hybridized carbons (Fsp3) is 0.684. The van der Waals surface area contributed by atoms with Crippen molar-refractivity contribution in [1.29, 1.82) is 0 Å². The van der Waals surface area contributed by atoms with E-state index in [1.54, 1.807) is 0 Å². The second-order valence-electron chi connectivity index (χ2n) is 7.95. The van der Waals surface area contributed by atoms with Gasteiger partial charge in [-0.1, -0.05) is 13.8 Å². The van der Waals surface area contributed by atoms with Crippen molar-refractivity contribution in [2.24, 2.45) is 23.1 Å². The quantitative estimate of drug-likeness (QED) is 0.110. The predicted octanol–water partition coefficient (Wildman–Crippen LogP) is -3.58. The van der Waals surface area contributed by atoms with Gasteiger partial charge in [-0.25, -0.2) is 4.79 Å². The molecule has 11 N–H and O–H groups in total. The monoisotopic (exact) mass is 474 g/mol. The number of rotatable bonds is 16. The third-order valence-electron chi connectivity index (χ3n) is 4.48. The SMILES string of the molecule is CC(C)CC(N)C(=O)NC(CO)C(=O)NC(CCC(N)=O)C(=O)NC(CCC(N)=O)C(=O)O. The maximum atomic E-state index is 12.6. The third kappa shape index (κ3) is 12.4. The van der Waals surface area contributed by atoms with E-state index < -0.39 is 66.3 Å². The van der Waals surface area contributed by atoms with Gasteiger partial charge < -0.3 is 43.4 Å². The van der Waals surface area contributed by atoms with Crippen LogP contribution in [0.15, 0.2) is 0 Å². The highest BCUT2D eigenvalue weighted by Gasteiger charge is 2.30. The molecule has 14 nitrogen and oxygen atoms in total. The lowest BCUT2D eigenvalue weighted by Gasteiger charge is -2.24. The van der Waals surface area contributed by atoms with Gasteiger partial charge in [0.15, 0.2) is 0 Å². The topological polar surface area (TPSA) is 257 Å². The lowest BCUT2D eigenvalue weighted by atomic mass is 10.0. The summed E-state index contributed by atoms with van der Waals surface area (Å²) in [6, 6.07) is -5.29. The summed E-state index contributed by atoms with van der Waals surface area (Å²) >= 11 is 0. The van der Waals surface area contributed by atoms with Crippen LogP contribution in [-0.2, 0) is 28.8 Å². The molecule has 0 spiro atoms. The first-order valence-electron chi connectivity index (χ1n) is 10.3. The van der Waals surface area contributed by atoms with E-state index in [4.69, 9.17) is 17.2 Å². The van der Waals surface area contributed by atoms with E-state index in [2.05, 4.69) is 16.0 Å². The Morgan fingerprint density at radius 1 is 0.758 bits per heavy atom. The summed E-state index contributed by atoms with van der Waals surface area (Å²) in [5.41, 5.74) is 15.8. The summed E-state index contributed by atoms with van der Waals surface area (Å²) in [5, 5.41) is 25.4. The van der Waals surface area contributed by atoms with E-state index >= 15 is 0 Å². The molecule has 14 heteroatoms. The van der Waals surface area contributed by atoms with Crippen LogP contribution in [0.3, 0.4) is 0 Å². The molecule has 0 fully saturated rings. The van der Waals surface area contributed by atoms with E-state index in [1.807, 2.05) is 13.8 Å². The summed E-state index contributed by atoms with van der Waals surface area (Å²) in [4.78, 5) is 70.7. The smallest absolute Gasteiger partial charge is 0.326 e. The van der Waals surface area contributed by atoms with E-state index in [1.165, 1.54) is 0 Å². The van der Waals surface area contributed by atoms with Crippen molar-refractivity contribution >= 4 is 35.5 Å². The largest absolute Gasteiger partial charge is 0.480 e. The number of carboxylic acids is 1. The molecule has 4 unspecified atom stereocenters. The number of hydrogen-bond donors (Lipinski definition) is 8. The zero-order valence-electron chi connectivity index (χ0n) is 18.7. The normalized spacial score (nSPS) is 14.5. The number of aliphatic hydroxyl groups excluding tert-OH is 1. The van der Waals surface area contributed by atoms with E-state index in [0.717, 1.165) is 0 Å². The number of nitrogens with one attached hydrogen (secondary N) is 3. The highest BCUT2D eigenvalue weighted by Crippen LogP contribution is 2.05. The molecule has 0 aliphatic heterocycles. The Balaban J connectivity index is 5.34. The maximum absolute atomic E-state index is 12.6. The molecule has 0 bridgehead atoms. The van der Waals surface area contributed by atoms with Gasteiger partial charge in [0.1, 0.15) is 18.1 Å². The van der Waals surface area contributed by atoms with Crippen LogP contribution in [0.2, 0.25) is 0 Å². The molecule has 188 valence electrons. The molecule has 0 saturated heterocycles. The van der Waals surface area contributed by atoms with Gasteiger partial charge >= 0.3 is 5.97 Å². The molecule has 0 saturated carbocycles. The Morgan fingerprint density at radius 2 is 1.18 bits per heavy atom. The minimum atomic E-state index is -1.49. The highest BCUT2D eigenvalue weighted by atomic mass is 16.4. The fourth-order valence-corrected chi connectivity index (χ4v) is 2.73. The molecular formula is C19H34N6O8. The van der Waals surface area contributed by atoms with Crippen LogP contribution >= 0.6 is 0 Å². The molecule has 0 radical (unpaired) electrons. The molecular weight excluding hydrogens is 440 g/mol. The number of aliphatic carboxylic acids is 1. The van der Waals surface area contributed by atoms with Gasteiger partial charge in [-0.15, -0.1) is 0 Å². The van der Waals surface area contributed by atoms with Crippen LogP contribution in [0, 0.1) is 5.92 Å². The van der Waals surface area contributed by atoms with Crippen molar-refractivity contribution in [2.75, 3.05) is 6.61 Å². The van der Waals surface area contributed by atoms with Crippen molar-refractivity contribution < 1.29 is 39.0 Å². The second kappa shape index (κ2) is 14.7. The molecule has 0 rings (SSSR count). The standard InChI is InChI=1S/C19H34N6O8/c1-9(2)7-10(20)16(29)25-13(8-26)18(31)23-11(3-5-14(21)27)17(30)24-12(19(32)33)4-6-15(22)28/h9-13,26H,3-8,20H2,1-2H3,(H2,21,27)(H2,22,28)(H,23,31)(H,24,30)(H,25,29)(H,32,33). The van der Waals surface area contributed by atoms with Crippen LogP contribution in [-0.4, -0.2) is 76.5 Å². The average molecular weight is 475 g/mol. The molecule has 0 aromatic carbocycles. The van der Waals surface area contributed by atoms with Crippen molar-refractivity contribution in [2.45, 2.75) is 70.1 Å². The van der Waals surface area contributed by atoms with Gasteiger partial charge in [0.05, 0.1) is 12.6 Å². The number of hydrogen-bond acceptors (Lipinski definition) is 8. The maximum Gasteiger partial charge on any atom is 0.326 e. The van der Waals surface area contributed by atoms with Crippen LogP contribution < -0.4 is 33.2 Å². The number of carboxylic acid groups (broad SMARTS) is 1. The molecule has 5 amide bonds. The first-order chi connectivity index (χ1) is 15.3.